The van der Waals surface area contributed by atoms with Crippen LogP contribution < -0.4 is 0 Å². The van der Waals surface area contributed by atoms with Crippen LogP contribution in [-0.4, -0.2) is 16.6 Å². The molecule has 0 N–H and O–H groups in total. The SMILES string of the molecule is CC(Cl)C(C)CCSC(F)(F)F. The van der Waals surface area contributed by atoms with Crippen LogP contribution in [0.5, 0.6) is 0 Å². The highest BCUT2D eigenvalue weighted by Crippen LogP contribution is 2.31. The van der Waals surface area contributed by atoms with Gasteiger partial charge in [-0.1, -0.05) is 18.7 Å². The Morgan fingerprint density at radius 3 is 2.17 bits per heavy atom. The van der Waals surface area contributed by atoms with E-state index in [1.54, 1.807) is 6.92 Å². The van der Waals surface area contributed by atoms with Gasteiger partial charge in [0.15, 0.2) is 0 Å². The lowest BCUT2D eigenvalue weighted by Gasteiger charge is -2.13. The van der Waals surface area contributed by atoms with E-state index >= 15 is 0 Å². The second-order valence-corrected chi connectivity index (χ2v) is 4.59. The summed E-state index contributed by atoms with van der Waals surface area (Å²) in [6.07, 6.45) is 0.509. The molecule has 0 fully saturated rings. The quantitative estimate of drug-likeness (QED) is 0.648. The van der Waals surface area contributed by atoms with Crippen LogP contribution in [0.15, 0.2) is 0 Å². The van der Waals surface area contributed by atoms with E-state index in [1.165, 1.54) is 0 Å². The van der Waals surface area contributed by atoms with E-state index in [2.05, 4.69) is 0 Å². The second kappa shape index (κ2) is 5.22. The van der Waals surface area contributed by atoms with Gasteiger partial charge in [-0.3, -0.25) is 0 Å². The molecule has 0 saturated heterocycles. The lowest BCUT2D eigenvalue weighted by Crippen LogP contribution is -2.10. The average Bonchev–Trinajstić information content (AvgIpc) is 1.84. The zero-order chi connectivity index (χ0) is 9.78. The highest BCUT2D eigenvalue weighted by molar-refractivity contribution is 8.00. The molecule has 0 aromatic rings. The zero-order valence-corrected chi connectivity index (χ0v) is 8.56. The molecule has 0 aromatic carbocycles. The van der Waals surface area contributed by atoms with Crippen LogP contribution in [0.25, 0.3) is 0 Å². The molecule has 2 unspecified atom stereocenters. The third kappa shape index (κ3) is 7.10. The summed E-state index contributed by atoms with van der Waals surface area (Å²) in [7, 11) is 0. The smallest absolute Gasteiger partial charge is 0.160 e. The maximum atomic E-state index is 11.6. The Labute approximate surface area is 79.9 Å². The lowest BCUT2D eigenvalue weighted by molar-refractivity contribution is -0.0328. The number of rotatable bonds is 4. The molecular formula is C7H12ClF3S. The van der Waals surface area contributed by atoms with E-state index in [9.17, 15) is 13.2 Å². The summed E-state index contributed by atoms with van der Waals surface area (Å²) in [6, 6.07) is 0. The van der Waals surface area contributed by atoms with Crippen molar-refractivity contribution in [3.8, 4) is 0 Å². The molecule has 5 heteroatoms. The van der Waals surface area contributed by atoms with Crippen molar-refractivity contribution in [1.29, 1.82) is 0 Å². The van der Waals surface area contributed by atoms with Gasteiger partial charge in [0.05, 0.1) is 0 Å². The van der Waals surface area contributed by atoms with Crippen LogP contribution in [0.4, 0.5) is 13.2 Å². The summed E-state index contributed by atoms with van der Waals surface area (Å²) in [4.78, 5) is 0. The van der Waals surface area contributed by atoms with Crippen molar-refractivity contribution in [2.45, 2.75) is 31.2 Å². The molecule has 74 valence electrons. The van der Waals surface area contributed by atoms with Gasteiger partial charge in [-0.05, 0) is 19.3 Å². The van der Waals surface area contributed by atoms with Crippen molar-refractivity contribution >= 4 is 23.4 Å². The fourth-order valence-corrected chi connectivity index (χ4v) is 1.44. The molecule has 0 bridgehead atoms. The van der Waals surface area contributed by atoms with E-state index in [0.717, 1.165) is 0 Å². The van der Waals surface area contributed by atoms with Gasteiger partial charge >= 0.3 is 5.51 Å². The van der Waals surface area contributed by atoms with Crippen molar-refractivity contribution < 1.29 is 13.2 Å². The first-order valence-electron chi connectivity index (χ1n) is 3.67. The molecule has 2 atom stereocenters. The summed E-state index contributed by atoms with van der Waals surface area (Å²) < 4.78 is 34.9. The van der Waals surface area contributed by atoms with Crippen LogP contribution in [-0.2, 0) is 0 Å². The molecule has 0 radical (unpaired) electrons. The third-order valence-electron chi connectivity index (χ3n) is 1.62. The molecule has 12 heavy (non-hydrogen) atoms. The predicted molar refractivity (Wildman–Crippen MR) is 47.6 cm³/mol. The van der Waals surface area contributed by atoms with Gasteiger partial charge in [0, 0.05) is 11.1 Å². The van der Waals surface area contributed by atoms with Crippen molar-refractivity contribution in [3.63, 3.8) is 0 Å². The fraction of sp³-hybridized carbons (Fsp3) is 1.00. The normalized spacial score (nSPS) is 17.5. The first-order valence-corrected chi connectivity index (χ1v) is 5.10. The Balaban J connectivity index is 3.44. The second-order valence-electron chi connectivity index (χ2n) is 2.74. The number of alkyl halides is 4. The average molecular weight is 221 g/mol. The summed E-state index contributed by atoms with van der Waals surface area (Å²) in [5.41, 5.74) is -4.10. The molecule has 0 aliphatic heterocycles. The first-order chi connectivity index (χ1) is 5.33. The van der Waals surface area contributed by atoms with Crippen LogP contribution in [0.1, 0.15) is 20.3 Å². The van der Waals surface area contributed by atoms with Crippen LogP contribution >= 0.6 is 23.4 Å². The molecule has 0 amide bonds. The number of halogens is 4. The topological polar surface area (TPSA) is 0 Å². The molecule has 0 rings (SSSR count). The maximum absolute atomic E-state index is 11.6. The summed E-state index contributed by atoms with van der Waals surface area (Å²) in [6.45, 7) is 3.65. The van der Waals surface area contributed by atoms with Gasteiger partial charge in [0.2, 0.25) is 0 Å². The molecule has 0 spiro atoms. The van der Waals surface area contributed by atoms with Crippen molar-refractivity contribution in [3.05, 3.63) is 0 Å². The van der Waals surface area contributed by atoms with Crippen molar-refractivity contribution in [1.82, 2.24) is 0 Å². The van der Waals surface area contributed by atoms with Crippen LogP contribution in [0, 0.1) is 5.92 Å². The lowest BCUT2D eigenvalue weighted by atomic mass is 10.1. The summed E-state index contributed by atoms with van der Waals surface area (Å²) in [5, 5.41) is -0.0566. The largest absolute Gasteiger partial charge is 0.441 e. The van der Waals surface area contributed by atoms with E-state index in [-0.39, 0.29) is 28.8 Å². The molecule has 0 aliphatic rings. The molecule has 0 heterocycles. The van der Waals surface area contributed by atoms with E-state index in [4.69, 9.17) is 11.6 Å². The predicted octanol–water partition coefficient (Wildman–Crippen LogP) is 3.89. The minimum absolute atomic E-state index is 0.0207. The molecular weight excluding hydrogens is 209 g/mol. The van der Waals surface area contributed by atoms with Crippen LogP contribution in [0.3, 0.4) is 0 Å². The standard InChI is InChI=1S/C7H12ClF3S/c1-5(6(2)8)3-4-12-7(9,10)11/h5-6H,3-4H2,1-2H3. The minimum atomic E-state index is -4.10. The van der Waals surface area contributed by atoms with Gasteiger partial charge < -0.3 is 0 Å². The van der Waals surface area contributed by atoms with Crippen molar-refractivity contribution in [2.75, 3.05) is 5.75 Å². The third-order valence-corrected chi connectivity index (χ3v) is 2.82. The molecule has 0 aliphatic carbocycles. The minimum Gasteiger partial charge on any atom is -0.160 e. The summed E-state index contributed by atoms with van der Waals surface area (Å²) >= 11 is 5.71. The maximum Gasteiger partial charge on any atom is 0.441 e. The molecule has 0 nitrogen and oxygen atoms in total. The number of hydrogen-bond acceptors (Lipinski definition) is 1. The Hall–Kier alpha value is 0.430. The fourth-order valence-electron chi connectivity index (χ4n) is 0.590. The monoisotopic (exact) mass is 220 g/mol. The van der Waals surface area contributed by atoms with E-state index < -0.39 is 5.51 Å². The van der Waals surface area contributed by atoms with Gasteiger partial charge in [0.25, 0.3) is 0 Å². The van der Waals surface area contributed by atoms with Crippen LogP contribution in [0.2, 0.25) is 0 Å². The first kappa shape index (κ1) is 12.4. The van der Waals surface area contributed by atoms with E-state index in [0.29, 0.717) is 6.42 Å². The Bertz CT molecular complexity index is 124. The highest BCUT2D eigenvalue weighted by atomic mass is 35.5. The Morgan fingerprint density at radius 2 is 1.83 bits per heavy atom. The van der Waals surface area contributed by atoms with Gasteiger partial charge in [-0.15, -0.1) is 11.6 Å². The Morgan fingerprint density at radius 1 is 1.33 bits per heavy atom. The zero-order valence-electron chi connectivity index (χ0n) is 6.99. The number of hydrogen-bond donors (Lipinski definition) is 0. The van der Waals surface area contributed by atoms with E-state index in [1.807, 2.05) is 6.92 Å². The summed E-state index contributed by atoms with van der Waals surface area (Å²) in [5.74, 6) is 0.239. The molecule has 0 aromatic heterocycles. The highest BCUT2D eigenvalue weighted by Gasteiger charge is 2.27. The van der Waals surface area contributed by atoms with Crippen molar-refractivity contribution in [2.24, 2.45) is 5.92 Å². The van der Waals surface area contributed by atoms with Gasteiger partial charge in [-0.25, -0.2) is 0 Å². The van der Waals surface area contributed by atoms with Gasteiger partial charge in [0.1, 0.15) is 0 Å². The van der Waals surface area contributed by atoms with Gasteiger partial charge in [-0.2, -0.15) is 13.2 Å². The Kier molecular flexibility index (Phi) is 5.41. The number of thioether (sulfide) groups is 1. The molecule has 0 saturated carbocycles.